The van der Waals surface area contributed by atoms with Crippen LogP contribution < -0.4 is 10.8 Å². The summed E-state index contributed by atoms with van der Waals surface area (Å²) in [5.41, 5.74) is 5.37. The van der Waals surface area contributed by atoms with Gasteiger partial charge in [0.25, 0.3) is 5.91 Å². The van der Waals surface area contributed by atoms with Crippen LogP contribution in [0.1, 0.15) is 53.7 Å². The fourth-order valence-electron chi connectivity index (χ4n) is 5.24. The van der Waals surface area contributed by atoms with Crippen molar-refractivity contribution in [1.82, 2.24) is 20.7 Å². The predicted octanol–water partition coefficient (Wildman–Crippen LogP) is 1.23. The molecule has 6 nitrogen and oxygen atoms in total. The van der Waals surface area contributed by atoms with Crippen LogP contribution in [-0.4, -0.2) is 45.7 Å². The van der Waals surface area contributed by atoms with Crippen molar-refractivity contribution in [2.45, 2.75) is 56.7 Å². The molecule has 3 N–H and O–H groups in total. The molecular formula is C18H24N4O2. The van der Waals surface area contributed by atoms with E-state index in [1.165, 1.54) is 38.6 Å². The number of carbonyl (C=O) groups excluding carboxylic acids is 1. The Kier molecular flexibility index (Phi) is 3.09. The topological polar surface area (TPSA) is 77.5 Å². The highest BCUT2D eigenvalue weighted by atomic mass is 16.5. The van der Waals surface area contributed by atoms with Crippen LogP contribution in [0.5, 0.6) is 0 Å². The van der Waals surface area contributed by atoms with Gasteiger partial charge in [0.05, 0.1) is 11.3 Å². The summed E-state index contributed by atoms with van der Waals surface area (Å²) in [6, 6.07) is 2.68. The van der Waals surface area contributed by atoms with Crippen LogP contribution in [0.4, 0.5) is 0 Å². The lowest BCUT2D eigenvalue weighted by Gasteiger charge is -2.72. The largest absolute Gasteiger partial charge is 0.308 e. The highest BCUT2D eigenvalue weighted by Crippen LogP contribution is 2.68. The van der Waals surface area contributed by atoms with Crippen LogP contribution in [0, 0.1) is 5.41 Å². The van der Waals surface area contributed by atoms with E-state index in [0.717, 1.165) is 36.8 Å². The van der Waals surface area contributed by atoms with E-state index >= 15 is 0 Å². The van der Waals surface area contributed by atoms with Crippen LogP contribution in [0.2, 0.25) is 0 Å². The number of nitrogens with one attached hydrogen (secondary N) is 2. The van der Waals surface area contributed by atoms with Crippen LogP contribution in [0.15, 0.2) is 12.3 Å². The summed E-state index contributed by atoms with van der Waals surface area (Å²) in [6.45, 7) is 3.09. The highest BCUT2D eigenvalue weighted by molar-refractivity contribution is 5.93. The first-order valence-corrected chi connectivity index (χ1v) is 9.01. The summed E-state index contributed by atoms with van der Waals surface area (Å²) >= 11 is 0. The van der Waals surface area contributed by atoms with Gasteiger partial charge in [-0.1, -0.05) is 0 Å². The maximum atomic E-state index is 11.5. The molecule has 0 spiro atoms. The van der Waals surface area contributed by atoms with Gasteiger partial charge in [0, 0.05) is 37.4 Å². The van der Waals surface area contributed by atoms with Crippen molar-refractivity contribution < 1.29 is 10.0 Å². The van der Waals surface area contributed by atoms with Crippen molar-refractivity contribution in [3.05, 3.63) is 29.1 Å². The van der Waals surface area contributed by atoms with E-state index in [1.807, 2.05) is 6.07 Å². The molecule has 0 aromatic carbocycles. The molecule has 24 heavy (non-hydrogen) atoms. The van der Waals surface area contributed by atoms with Gasteiger partial charge in [0.1, 0.15) is 0 Å². The number of aromatic nitrogens is 1. The second-order valence-electron chi connectivity index (χ2n) is 8.46. The monoisotopic (exact) mass is 328 g/mol. The number of hydrogen-bond donors (Lipinski definition) is 3. The third-order valence-electron chi connectivity index (χ3n) is 6.28. The van der Waals surface area contributed by atoms with E-state index < -0.39 is 5.91 Å². The molecular weight excluding hydrogens is 304 g/mol. The van der Waals surface area contributed by atoms with Crippen molar-refractivity contribution in [2.75, 3.05) is 13.1 Å². The van der Waals surface area contributed by atoms with Crippen LogP contribution >= 0.6 is 0 Å². The van der Waals surface area contributed by atoms with Gasteiger partial charge >= 0.3 is 0 Å². The number of pyridine rings is 1. The van der Waals surface area contributed by atoms with E-state index in [9.17, 15) is 4.79 Å². The number of carbonyl (C=O) groups is 1. The fourth-order valence-corrected chi connectivity index (χ4v) is 5.24. The van der Waals surface area contributed by atoms with Gasteiger partial charge in [0.15, 0.2) is 0 Å². The summed E-state index contributed by atoms with van der Waals surface area (Å²) in [7, 11) is 0. The van der Waals surface area contributed by atoms with E-state index in [4.69, 9.17) is 5.21 Å². The predicted molar refractivity (Wildman–Crippen MR) is 87.6 cm³/mol. The zero-order valence-electron chi connectivity index (χ0n) is 13.8. The molecule has 4 saturated carbocycles. The maximum Gasteiger partial charge on any atom is 0.276 e. The Morgan fingerprint density at radius 1 is 1.38 bits per heavy atom. The molecule has 0 unspecified atom stereocenters. The van der Waals surface area contributed by atoms with Gasteiger partial charge in [-0.2, -0.15) is 0 Å². The van der Waals surface area contributed by atoms with Crippen molar-refractivity contribution in [3.8, 4) is 0 Å². The minimum absolute atomic E-state index is 0.428. The maximum absolute atomic E-state index is 11.5. The highest BCUT2D eigenvalue weighted by Gasteiger charge is 2.68. The first-order valence-electron chi connectivity index (χ1n) is 9.01. The van der Waals surface area contributed by atoms with E-state index in [0.29, 0.717) is 16.5 Å². The summed E-state index contributed by atoms with van der Waals surface area (Å²) in [6.07, 6.45) is 9.29. The number of amides is 1. The molecule has 2 bridgehead atoms. The first kappa shape index (κ1) is 14.8. The van der Waals surface area contributed by atoms with Gasteiger partial charge < -0.3 is 5.32 Å². The Balaban J connectivity index is 1.20. The standard InChI is InChI=1S/C18H24N4O2/c23-16(21-24)13-5-12-3-4-22(7-15(12)19-6-13)11-17-8-18(9-17,10-17)20-14-1-2-14/h5-6,14,20,24H,1-4,7-11H2,(H,21,23). The molecule has 2 heterocycles. The van der Waals surface area contributed by atoms with Crippen molar-refractivity contribution in [3.63, 3.8) is 0 Å². The molecule has 5 aliphatic rings. The number of rotatable bonds is 5. The number of fused-ring (bicyclic) bond motifs is 1. The molecule has 1 aliphatic heterocycles. The Bertz CT molecular complexity index is 680. The molecule has 4 fully saturated rings. The molecule has 1 aromatic heterocycles. The lowest BCUT2D eigenvalue weighted by atomic mass is 9.39. The van der Waals surface area contributed by atoms with Gasteiger partial charge in [-0.15, -0.1) is 0 Å². The third-order valence-corrected chi connectivity index (χ3v) is 6.28. The molecule has 0 atom stereocenters. The fraction of sp³-hybridized carbons (Fsp3) is 0.667. The lowest BCUT2D eigenvalue weighted by molar-refractivity contribution is -0.169. The second kappa shape index (κ2) is 5.00. The first-order chi connectivity index (χ1) is 11.6. The van der Waals surface area contributed by atoms with Crippen LogP contribution in [0.3, 0.4) is 0 Å². The normalized spacial score (nSPS) is 34.0. The van der Waals surface area contributed by atoms with Crippen LogP contribution in [0.25, 0.3) is 0 Å². The van der Waals surface area contributed by atoms with Gasteiger partial charge in [-0.05, 0) is 55.6 Å². The molecule has 1 amide bonds. The Morgan fingerprint density at radius 2 is 2.17 bits per heavy atom. The van der Waals surface area contributed by atoms with E-state index in [2.05, 4.69) is 15.2 Å². The van der Waals surface area contributed by atoms with Gasteiger partial charge in [-0.25, -0.2) is 5.48 Å². The summed E-state index contributed by atoms with van der Waals surface area (Å²) < 4.78 is 0. The summed E-state index contributed by atoms with van der Waals surface area (Å²) in [5.74, 6) is -0.491. The Morgan fingerprint density at radius 3 is 2.88 bits per heavy atom. The number of nitrogens with zero attached hydrogens (tertiary/aromatic N) is 2. The molecule has 6 heteroatoms. The van der Waals surface area contributed by atoms with Crippen molar-refractivity contribution in [2.24, 2.45) is 5.41 Å². The molecule has 6 rings (SSSR count). The number of hydrogen-bond acceptors (Lipinski definition) is 5. The van der Waals surface area contributed by atoms with Gasteiger partial charge in [-0.3, -0.25) is 19.9 Å². The SMILES string of the molecule is O=C(NO)c1cnc2c(c1)CCN(CC13CC(NC4CC4)(C1)C3)C2. The lowest BCUT2D eigenvalue weighted by Crippen LogP contribution is -2.76. The van der Waals surface area contributed by atoms with Crippen molar-refractivity contribution >= 4 is 5.91 Å². The van der Waals surface area contributed by atoms with E-state index in [-0.39, 0.29) is 0 Å². The minimum atomic E-state index is -0.491. The molecule has 0 saturated heterocycles. The minimum Gasteiger partial charge on any atom is -0.308 e. The average molecular weight is 328 g/mol. The van der Waals surface area contributed by atoms with Gasteiger partial charge in [0.2, 0.25) is 0 Å². The molecule has 0 radical (unpaired) electrons. The van der Waals surface area contributed by atoms with E-state index in [1.54, 1.807) is 11.7 Å². The molecule has 1 aromatic rings. The average Bonchev–Trinajstić information content (AvgIpc) is 3.34. The zero-order valence-corrected chi connectivity index (χ0v) is 13.8. The number of hydroxylamine groups is 1. The second-order valence-corrected chi connectivity index (χ2v) is 8.46. The third kappa shape index (κ3) is 2.36. The summed E-state index contributed by atoms with van der Waals surface area (Å²) in [4.78, 5) is 18.5. The molecule has 128 valence electrons. The molecule has 4 aliphatic carbocycles. The quantitative estimate of drug-likeness (QED) is 0.560. The summed E-state index contributed by atoms with van der Waals surface area (Å²) in [5, 5.41) is 12.6. The van der Waals surface area contributed by atoms with Crippen molar-refractivity contribution in [1.29, 1.82) is 0 Å². The van der Waals surface area contributed by atoms with Crippen LogP contribution in [-0.2, 0) is 13.0 Å². The Labute approximate surface area is 141 Å². The Hall–Kier alpha value is -1.50. The zero-order chi connectivity index (χ0) is 16.4. The smallest absolute Gasteiger partial charge is 0.276 e.